The van der Waals surface area contributed by atoms with Gasteiger partial charge in [0, 0.05) is 16.3 Å². The van der Waals surface area contributed by atoms with E-state index in [2.05, 4.69) is 6.07 Å². The van der Waals surface area contributed by atoms with Gasteiger partial charge in [0.2, 0.25) is 0 Å². The molecule has 84 valence electrons. The summed E-state index contributed by atoms with van der Waals surface area (Å²) in [6, 6.07) is 17.6. The Hall–Kier alpha value is -1.92. The van der Waals surface area contributed by atoms with E-state index in [1.807, 2.05) is 48.5 Å². The summed E-state index contributed by atoms with van der Waals surface area (Å²) in [5, 5.41) is 8.70. The van der Waals surface area contributed by atoms with Crippen molar-refractivity contribution in [1.29, 1.82) is 5.26 Å². The molecule has 0 heterocycles. The van der Waals surface area contributed by atoms with Gasteiger partial charge in [-0.05, 0) is 35.9 Å². The molecule has 0 unspecified atom stereocenters. The molecule has 2 N–H and O–H groups in total. The van der Waals surface area contributed by atoms with Gasteiger partial charge in [-0.15, -0.1) is 11.8 Å². The summed E-state index contributed by atoms with van der Waals surface area (Å²) >= 11 is 1.74. The minimum Gasteiger partial charge on any atom is -0.399 e. The van der Waals surface area contributed by atoms with E-state index < -0.39 is 0 Å². The van der Waals surface area contributed by atoms with E-state index in [-0.39, 0.29) is 0 Å². The van der Waals surface area contributed by atoms with E-state index in [0.717, 1.165) is 16.3 Å². The zero-order chi connectivity index (χ0) is 12.1. The van der Waals surface area contributed by atoms with Gasteiger partial charge < -0.3 is 5.73 Å². The molecule has 0 radical (unpaired) electrons. The molecule has 0 aliphatic heterocycles. The fourth-order valence-electron chi connectivity index (χ4n) is 1.45. The van der Waals surface area contributed by atoms with Crippen molar-refractivity contribution in [3.05, 3.63) is 59.7 Å². The molecule has 2 nitrogen and oxygen atoms in total. The van der Waals surface area contributed by atoms with Crippen molar-refractivity contribution >= 4 is 17.4 Å². The first kappa shape index (κ1) is 11.6. The summed E-state index contributed by atoms with van der Waals surface area (Å²) in [4.78, 5) is 1.16. The number of nitrogens with zero attached hydrogens (tertiary/aromatic N) is 1. The van der Waals surface area contributed by atoms with Crippen LogP contribution in [0.25, 0.3) is 0 Å². The molecule has 0 saturated carbocycles. The molecule has 2 aromatic carbocycles. The Balaban J connectivity index is 2.00. The predicted octanol–water partition coefficient (Wildman–Crippen LogP) is 3.43. The van der Waals surface area contributed by atoms with Crippen LogP contribution < -0.4 is 5.73 Å². The number of nitrogens with two attached hydrogens (primary N) is 1. The van der Waals surface area contributed by atoms with E-state index in [0.29, 0.717) is 5.56 Å². The van der Waals surface area contributed by atoms with Crippen molar-refractivity contribution in [3.8, 4) is 6.07 Å². The molecule has 3 heteroatoms. The van der Waals surface area contributed by atoms with Crippen LogP contribution in [0.4, 0.5) is 5.69 Å². The number of nitriles is 1. The summed E-state index contributed by atoms with van der Waals surface area (Å²) < 4.78 is 0. The maximum absolute atomic E-state index is 8.70. The van der Waals surface area contributed by atoms with Gasteiger partial charge in [0.15, 0.2) is 0 Å². The van der Waals surface area contributed by atoms with Crippen LogP contribution in [0.3, 0.4) is 0 Å². The highest BCUT2D eigenvalue weighted by molar-refractivity contribution is 7.98. The monoisotopic (exact) mass is 240 g/mol. The Morgan fingerprint density at radius 1 is 1.12 bits per heavy atom. The van der Waals surface area contributed by atoms with Gasteiger partial charge in [-0.1, -0.05) is 18.2 Å². The van der Waals surface area contributed by atoms with Crippen LogP contribution >= 0.6 is 11.8 Å². The number of benzene rings is 2. The fourth-order valence-corrected chi connectivity index (χ4v) is 2.37. The summed E-state index contributed by atoms with van der Waals surface area (Å²) in [5.74, 6) is 0.884. The van der Waals surface area contributed by atoms with Crippen molar-refractivity contribution in [2.24, 2.45) is 0 Å². The minimum atomic E-state index is 0.697. The van der Waals surface area contributed by atoms with Crippen molar-refractivity contribution in [3.63, 3.8) is 0 Å². The van der Waals surface area contributed by atoms with Crippen LogP contribution in [0, 0.1) is 11.3 Å². The molecule has 0 bridgehead atoms. The second-order valence-corrected chi connectivity index (χ2v) is 4.72. The molecule has 0 aliphatic rings. The maximum atomic E-state index is 8.70. The van der Waals surface area contributed by atoms with Gasteiger partial charge in [0.1, 0.15) is 0 Å². The molecule has 0 atom stereocenters. The van der Waals surface area contributed by atoms with Crippen LogP contribution in [-0.2, 0) is 5.75 Å². The standard InChI is InChI=1S/C14H12N2S/c15-9-11-4-6-12(7-5-11)10-17-14-3-1-2-13(16)8-14/h1-8H,10,16H2. The van der Waals surface area contributed by atoms with E-state index in [4.69, 9.17) is 11.0 Å². The third-order valence-corrected chi connectivity index (χ3v) is 3.41. The first-order valence-corrected chi connectivity index (χ1v) is 6.24. The van der Waals surface area contributed by atoms with E-state index in [1.54, 1.807) is 11.8 Å². The third kappa shape index (κ3) is 3.27. The van der Waals surface area contributed by atoms with E-state index in [1.165, 1.54) is 5.56 Å². The lowest BCUT2D eigenvalue weighted by molar-refractivity contribution is 1.37. The van der Waals surface area contributed by atoms with Crippen molar-refractivity contribution in [1.82, 2.24) is 0 Å². The molecule has 0 aliphatic carbocycles. The number of anilines is 1. The van der Waals surface area contributed by atoms with Crippen LogP contribution in [-0.4, -0.2) is 0 Å². The van der Waals surface area contributed by atoms with E-state index >= 15 is 0 Å². The average Bonchev–Trinajstić information content (AvgIpc) is 2.37. The highest BCUT2D eigenvalue weighted by atomic mass is 32.2. The van der Waals surface area contributed by atoms with Gasteiger partial charge in [-0.25, -0.2) is 0 Å². The van der Waals surface area contributed by atoms with Gasteiger partial charge in [-0.2, -0.15) is 5.26 Å². The highest BCUT2D eigenvalue weighted by Crippen LogP contribution is 2.24. The Kier molecular flexibility index (Phi) is 3.69. The fraction of sp³-hybridized carbons (Fsp3) is 0.0714. The molecule has 0 amide bonds. The van der Waals surface area contributed by atoms with Crippen LogP contribution in [0.15, 0.2) is 53.4 Å². The van der Waals surface area contributed by atoms with Gasteiger partial charge in [0.25, 0.3) is 0 Å². The molecule has 17 heavy (non-hydrogen) atoms. The van der Waals surface area contributed by atoms with Gasteiger partial charge >= 0.3 is 0 Å². The Morgan fingerprint density at radius 2 is 1.88 bits per heavy atom. The Labute approximate surface area is 105 Å². The normalized spacial score (nSPS) is 9.82. The second kappa shape index (κ2) is 5.42. The van der Waals surface area contributed by atoms with Crippen LogP contribution in [0.1, 0.15) is 11.1 Å². The number of rotatable bonds is 3. The van der Waals surface area contributed by atoms with Crippen molar-refractivity contribution < 1.29 is 0 Å². The lowest BCUT2D eigenvalue weighted by atomic mass is 10.2. The summed E-state index contributed by atoms with van der Waals surface area (Å²) in [6.45, 7) is 0. The predicted molar refractivity (Wildman–Crippen MR) is 71.6 cm³/mol. The lowest BCUT2D eigenvalue weighted by Gasteiger charge is -2.03. The molecule has 0 aromatic heterocycles. The van der Waals surface area contributed by atoms with Crippen LogP contribution in [0.5, 0.6) is 0 Å². The van der Waals surface area contributed by atoms with Gasteiger partial charge in [-0.3, -0.25) is 0 Å². The summed E-state index contributed by atoms with van der Waals surface area (Å²) in [6.07, 6.45) is 0. The molecular formula is C14H12N2S. The summed E-state index contributed by atoms with van der Waals surface area (Å²) in [5.41, 5.74) is 8.40. The topological polar surface area (TPSA) is 49.8 Å². The molecule has 2 rings (SSSR count). The summed E-state index contributed by atoms with van der Waals surface area (Å²) in [7, 11) is 0. The first-order chi connectivity index (χ1) is 8.28. The largest absolute Gasteiger partial charge is 0.399 e. The first-order valence-electron chi connectivity index (χ1n) is 5.25. The third-order valence-electron chi connectivity index (χ3n) is 2.35. The Bertz CT molecular complexity index is 541. The van der Waals surface area contributed by atoms with Crippen molar-refractivity contribution in [2.75, 3.05) is 5.73 Å². The number of hydrogen-bond acceptors (Lipinski definition) is 3. The number of thioether (sulfide) groups is 1. The number of hydrogen-bond donors (Lipinski definition) is 1. The van der Waals surface area contributed by atoms with Crippen molar-refractivity contribution in [2.45, 2.75) is 10.6 Å². The minimum absolute atomic E-state index is 0.697. The molecule has 2 aromatic rings. The highest BCUT2D eigenvalue weighted by Gasteiger charge is 1.97. The lowest BCUT2D eigenvalue weighted by Crippen LogP contribution is -1.85. The zero-order valence-electron chi connectivity index (χ0n) is 9.26. The average molecular weight is 240 g/mol. The second-order valence-electron chi connectivity index (χ2n) is 3.67. The van der Waals surface area contributed by atoms with E-state index in [9.17, 15) is 0 Å². The molecule has 0 saturated heterocycles. The quantitative estimate of drug-likeness (QED) is 0.660. The van der Waals surface area contributed by atoms with Gasteiger partial charge in [0.05, 0.1) is 11.6 Å². The molecule has 0 fully saturated rings. The molecular weight excluding hydrogens is 228 g/mol. The SMILES string of the molecule is N#Cc1ccc(CSc2cccc(N)c2)cc1. The molecule has 0 spiro atoms. The Morgan fingerprint density at radius 3 is 2.53 bits per heavy atom. The smallest absolute Gasteiger partial charge is 0.0991 e. The number of nitrogen functional groups attached to an aromatic ring is 1. The van der Waals surface area contributed by atoms with Crippen LogP contribution in [0.2, 0.25) is 0 Å². The maximum Gasteiger partial charge on any atom is 0.0991 e. The zero-order valence-corrected chi connectivity index (χ0v) is 10.1.